The number of nitrogens with zero attached hydrogens (tertiary/aromatic N) is 2. The summed E-state index contributed by atoms with van der Waals surface area (Å²) in [6, 6.07) is 0.603. The molecule has 0 spiro atoms. The van der Waals surface area contributed by atoms with Gasteiger partial charge >= 0.3 is 29.8 Å². The first kappa shape index (κ1) is 41.0. The third-order valence-electron chi connectivity index (χ3n) is 8.19. The predicted octanol–water partition coefficient (Wildman–Crippen LogP) is 0.942. The van der Waals surface area contributed by atoms with Crippen molar-refractivity contribution in [3.8, 4) is 0 Å². The fraction of sp³-hybridized carbons (Fsp3) is 0.412. The number of nitrogens with one attached hydrogen (secondary N) is 3. The number of carbonyl (C=O) groups is 8. The molecule has 3 aromatic rings. The maximum atomic E-state index is 13.3. The van der Waals surface area contributed by atoms with E-state index in [0.717, 1.165) is 6.42 Å². The topological polar surface area (TPSA) is 309 Å². The van der Waals surface area contributed by atoms with Crippen molar-refractivity contribution in [3.63, 3.8) is 0 Å². The Balaban J connectivity index is 1.51. The van der Waals surface area contributed by atoms with E-state index in [0.29, 0.717) is 60.3 Å². The number of rotatable bonds is 22. The van der Waals surface area contributed by atoms with Crippen LogP contribution < -0.4 is 21.5 Å². The van der Waals surface area contributed by atoms with E-state index in [-0.39, 0.29) is 17.5 Å². The molecule has 0 unspecified atom stereocenters. The summed E-state index contributed by atoms with van der Waals surface area (Å²) in [5.74, 6) is -10.8. The van der Waals surface area contributed by atoms with Gasteiger partial charge in [0, 0.05) is 36.1 Å². The van der Waals surface area contributed by atoms with Gasteiger partial charge in [-0.3, -0.25) is 38.5 Å². The first-order valence-corrected chi connectivity index (χ1v) is 16.5. The number of amides is 3. The molecule has 0 bridgehead atoms. The molecule has 1 aromatic carbocycles. The first-order valence-electron chi connectivity index (χ1n) is 16.5. The second-order valence-electron chi connectivity index (χ2n) is 12.2. The van der Waals surface area contributed by atoms with Gasteiger partial charge in [0.2, 0.25) is 17.7 Å². The third-order valence-corrected chi connectivity index (χ3v) is 8.19. The Morgan fingerprint density at radius 2 is 1.19 bits per heavy atom. The number of aromatic carboxylic acids is 1. The third kappa shape index (κ3) is 12.1. The largest absolute Gasteiger partial charge is 0.481 e. The normalized spacial score (nSPS) is 12.7. The fourth-order valence-corrected chi connectivity index (χ4v) is 5.60. The van der Waals surface area contributed by atoms with Crippen LogP contribution in [0.1, 0.15) is 74.6 Å². The highest BCUT2D eigenvalue weighted by Gasteiger charge is 2.32. The summed E-state index contributed by atoms with van der Waals surface area (Å²) in [4.78, 5) is 112. The van der Waals surface area contributed by atoms with E-state index in [1.54, 1.807) is 22.9 Å². The van der Waals surface area contributed by atoms with Crippen LogP contribution in [0.25, 0.3) is 21.7 Å². The van der Waals surface area contributed by atoms with E-state index in [2.05, 4.69) is 10.3 Å². The summed E-state index contributed by atoms with van der Waals surface area (Å²) in [6.45, 7) is 0.337. The number of pyridine rings is 2. The Morgan fingerprint density at radius 3 is 1.77 bits per heavy atom. The van der Waals surface area contributed by atoms with Crippen molar-refractivity contribution in [1.82, 2.24) is 25.5 Å². The van der Waals surface area contributed by atoms with Gasteiger partial charge in [-0.1, -0.05) is 31.7 Å². The van der Waals surface area contributed by atoms with Crippen molar-refractivity contribution in [3.05, 3.63) is 52.6 Å². The molecule has 0 aliphatic carbocycles. The molecule has 3 rings (SSSR count). The summed E-state index contributed by atoms with van der Waals surface area (Å²) in [5.41, 5.74) is 0.268. The molecule has 2 aromatic heterocycles. The molecule has 0 aliphatic heterocycles. The molecule has 3 atom stereocenters. The lowest BCUT2D eigenvalue weighted by atomic mass is 10.0. The van der Waals surface area contributed by atoms with Crippen molar-refractivity contribution >= 4 is 69.2 Å². The van der Waals surface area contributed by atoms with Crippen molar-refractivity contribution in [2.75, 3.05) is 0 Å². The number of aromatic nitrogens is 2. The Bertz CT molecular complexity index is 1960. The maximum absolute atomic E-state index is 13.3. The molecular weight excluding hydrogens is 702 g/mol. The molecule has 8 N–H and O–H groups in total. The minimum atomic E-state index is -1.95. The summed E-state index contributed by atoms with van der Waals surface area (Å²) in [6.07, 6.45) is 3.62. The van der Waals surface area contributed by atoms with Gasteiger partial charge in [0.1, 0.15) is 18.1 Å². The van der Waals surface area contributed by atoms with E-state index in [4.69, 9.17) is 10.2 Å². The van der Waals surface area contributed by atoms with Gasteiger partial charge in [-0.25, -0.2) is 9.59 Å². The fourth-order valence-electron chi connectivity index (χ4n) is 5.60. The van der Waals surface area contributed by atoms with E-state index in [1.807, 2.05) is 10.6 Å². The van der Waals surface area contributed by atoms with Crippen LogP contribution in [0.2, 0.25) is 0 Å². The molecule has 0 radical (unpaired) electrons. The molecule has 284 valence electrons. The summed E-state index contributed by atoms with van der Waals surface area (Å²) < 4.78 is 1.56. The second-order valence-corrected chi connectivity index (χ2v) is 12.2. The van der Waals surface area contributed by atoms with Gasteiger partial charge < -0.3 is 46.1 Å². The van der Waals surface area contributed by atoms with Crippen LogP contribution in [0, 0.1) is 0 Å². The highest BCUT2D eigenvalue weighted by molar-refractivity contribution is 6.07. The zero-order chi connectivity index (χ0) is 39.2. The average Bonchev–Trinajstić information content (AvgIpc) is 3.08. The Morgan fingerprint density at radius 1 is 0.642 bits per heavy atom. The summed E-state index contributed by atoms with van der Waals surface area (Å²) in [5, 5.41) is 53.8. The number of hydrogen-bond donors (Lipinski definition) is 8. The zero-order valence-corrected chi connectivity index (χ0v) is 28.3. The van der Waals surface area contributed by atoms with Gasteiger partial charge in [-0.2, -0.15) is 0 Å². The lowest BCUT2D eigenvalue weighted by molar-refractivity contribution is -0.148. The van der Waals surface area contributed by atoms with Gasteiger partial charge in [0.15, 0.2) is 0 Å². The molecule has 0 saturated carbocycles. The number of hydrogen-bond acceptors (Lipinski definition) is 10. The number of carboxylic acid groups (broad SMARTS) is 5. The van der Waals surface area contributed by atoms with Gasteiger partial charge in [-0.05, 0) is 31.0 Å². The average molecular weight is 742 g/mol. The Kier molecular flexibility index (Phi) is 14.9. The maximum Gasteiger partial charge on any atom is 0.335 e. The number of carboxylic acids is 5. The van der Waals surface area contributed by atoms with Crippen molar-refractivity contribution in [2.45, 2.75) is 88.9 Å². The molecule has 2 heterocycles. The van der Waals surface area contributed by atoms with E-state index in [9.17, 15) is 58.5 Å². The standard InChI is InChI=1S/C34H39N5O14/c40-26(36-22(14-27(41)42)30(47)37-23(15-28(43)44)31(48)38-24(34(52)53)16-29(45)46)7-5-3-1-2-4-6-12-39-25-13-18(33(50)51)8-9-19(25)21-17-35-11-10-20(21)32(39)49/h8-11,13,17,22-24H,1-7,12,14-16H2,(H,36,40)(H,37,47)(H,38,48)(H,41,42)(H,43,44)(H,45,46)(H,50,51)(H,52,53)/t22-,23-,24-/m0/s1. The van der Waals surface area contributed by atoms with E-state index in [1.165, 1.54) is 18.3 Å². The van der Waals surface area contributed by atoms with Crippen LogP contribution in [0.5, 0.6) is 0 Å². The number of fused-ring (bicyclic) bond motifs is 3. The van der Waals surface area contributed by atoms with Crippen LogP contribution >= 0.6 is 0 Å². The van der Waals surface area contributed by atoms with Crippen molar-refractivity contribution < 1.29 is 63.9 Å². The number of carbonyl (C=O) groups excluding carboxylic acids is 3. The monoisotopic (exact) mass is 741 g/mol. The summed E-state index contributed by atoms with van der Waals surface area (Å²) in [7, 11) is 0. The first-order chi connectivity index (χ1) is 25.1. The van der Waals surface area contributed by atoms with Crippen LogP contribution in [0.3, 0.4) is 0 Å². The highest BCUT2D eigenvalue weighted by Crippen LogP contribution is 2.24. The Labute approximate surface area is 300 Å². The zero-order valence-electron chi connectivity index (χ0n) is 28.3. The number of benzene rings is 1. The SMILES string of the molecule is O=C(O)C[C@H](NC(=O)[C@H](CC(=O)O)NC(=O)[C@H](CC(=O)O)NC(=O)CCCCCCCCn1c(=O)c2ccncc2c2ccc(C(=O)O)cc21)C(=O)O. The van der Waals surface area contributed by atoms with Crippen LogP contribution in [0.4, 0.5) is 0 Å². The lowest BCUT2D eigenvalue weighted by Gasteiger charge is -2.23. The smallest absolute Gasteiger partial charge is 0.335 e. The minimum Gasteiger partial charge on any atom is -0.481 e. The molecular formula is C34H39N5O14. The Hall–Kier alpha value is -6.40. The van der Waals surface area contributed by atoms with Gasteiger partial charge in [0.05, 0.1) is 35.7 Å². The summed E-state index contributed by atoms with van der Waals surface area (Å²) >= 11 is 0. The number of aryl methyl sites for hydroxylation is 1. The van der Waals surface area contributed by atoms with Crippen LogP contribution in [-0.2, 0) is 40.1 Å². The van der Waals surface area contributed by atoms with Crippen LogP contribution in [0.15, 0.2) is 41.5 Å². The number of aliphatic carboxylic acids is 4. The van der Waals surface area contributed by atoms with Crippen molar-refractivity contribution in [2.24, 2.45) is 0 Å². The molecule has 3 amide bonds. The molecule has 19 nitrogen and oxygen atoms in total. The van der Waals surface area contributed by atoms with E-state index < -0.39 is 85.0 Å². The van der Waals surface area contributed by atoms with Crippen LogP contribution in [-0.4, -0.2) is 101 Å². The lowest BCUT2D eigenvalue weighted by Crippen LogP contribution is -2.56. The minimum absolute atomic E-state index is 0.0447. The molecule has 53 heavy (non-hydrogen) atoms. The van der Waals surface area contributed by atoms with Crippen molar-refractivity contribution in [1.29, 1.82) is 0 Å². The molecule has 19 heteroatoms. The quantitative estimate of drug-likeness (QED) is 0.0525. The predicted molar refractivity (Wildman–Crippen MR) is 183 cm³/mol. The molecule has 0 fully saturated rings. The van der Waals surface area contributed by atoms with E-state index >= 15 is 0 Å². The molecule has 0 saturated heterocycles. The highest BCUT2D eigenvalue weighted by atomic mass is 16.4. The molecule has 0 aliphatic rings. The van der Waals surface area contributed by atoms with Gasteiger partial charge in [0.25, 0.3) is 5.56 Å². The second kappa shape index (κ2) is 19.3. The number of unbranched alkanes of at least 4 members (excludes halogenated alkanes) is 5. The van der Waals surface area contributed by atoms with Gasteiger partial charge in [-0.15, -0.1) is 0 Å².